The number of rotatable bonds is 2. The molecule has 4 nitrogen and oxygen atoms in total. The lowest BCUT2D eigenvalue weighted by Gasteiger charge is -1.92. The number of thiazole rings is 1. The Labute approximate surface area is 94.5 Å². The first-order valence-electron chi connectivity index (χ1n) is 3.99. The normalized spacial score (nSPS) is 10.3. The molecule has 0 saturated carbocycles. The Balaban J connectivity index is 2.41. The number of ether oxygens (including phenoxy) is 1. The van der Waals surface area contributed by atoms with E-state index in [2.05, 4.69) is 9.72 Å². The summed E-state index contributed by atoms with van der Waals surface area (Å²) in [6, 6.07) is 1.75. The molecule has 0 saturated heterocycles. The van der Waals surface area contributed by atoms with E-state index in [0.29, 0.717) is 9.88 Å². The summed E-state index contributed by atoms with van der Waals surface area (Å²) in [5.74, 6) is -0.479. The van der Waals surface area contributed by atoms with Gasteiger partial charge < -0.3 is 9.15 Å². The number of carbonyl (C=O) groups is 1. The minimum Gasteiger partial charge on any atom is -0.472 e. The summed E-state index contributed by atoms with van der Waals surface area (Å²) in [5, 5.41) is 0.789. The molecule has 0 aromatic carbocycles. The number of carbonyl (C=O) groups excluding carboxylic acids is 1. The van der Waals surface area contributed by atoms with Crippen LogP contribution < -0.4 is 0 Å². The number of furan rings is 1. The maximum absolute atomic E-state index is 11.3. The first kappa shape index (κ1) is 10.2. The van der Waals surface area contributed by atoms with Gasteiger partial charge in [0.1, 0.15) is 11.3 Å². The molecule has 0 fully saturated rings. The molecule has 0 aliphatic heterocycles. The SMILES string of the molecule is COC(=O)c1sc(-c2ccoc2)nc1Cl. The van der Waals surface area contributed by atoms with Crippen LogP contribution in [-0.4, -0.2) is 18.1 Å². The van der Waals surface area contributed by atoms with E-state index in [1.807, 2.05) is 0 Å². The van der Waals surface area contributed by atoms with E-state index in [9.17, 15) is 4.79 Å². The highest BCUT2D eigenvalue weighted by molar-refractivity contribution is 7.17. The highest BCUT2D eigenvalue weighted by Crippen LogP contribution is 2.31. The van der Waals surface area contributed by atoms with Crippen LogP contribution in [0.2, 0.25) is 5.15 Å². The third kappa shape index (κ3) is 1.88. The molecule has 2 heterocycles. The van der Waals surface area contributed by atoms with Crippen LogP contribution in [0.15, 0.2) is 23.0 Å². The molecule has 0 spiro atoms. The zero-order valence-corrected chi connectivity index (χ0v) is 9.26. The fourth-order valence-electron chi connectivity index (χ4n) is 1.03. The number of nitrogens with zero attached hydrogens (tertiary/aromatic N) is 1. The fraction of sp³-hybridized carbons (Fsp3) is 0.111. The highest BCUT2D eigenvalue weighted by atomic mass is 35.5. The van der Waals surface area contributed by atoms with Crippen LogP contribution in [0.3, 0.4) is 0 Å². The minimum atomic E-state index is -0.479. The number of esters is 1. The lowest BCUT2D eigenvalue weighted by Crippen LogP contribution is -1.98. The van der Waals surface area contributed by atoms with E-state index in [0.717, 1.165) is 5.56 Å². The van der Waals surface area contributed by atoms with E-state index in [1.165, 1.54) is 31.0 Å². The Morgan fingerprint density at radius 1 is 1.67 bits per heavy atom. The van der Waals surface area contributed by atoms with Gasteiger partial charge in [-0.15, -0.1) is 11.3 Å². The third-order valence-corrected chi connectivity index (χ3v) is 3.19. The van der Waals surface area contributed by atoms with Crippen LogP contribution in [-0.2, 0) is 4.74 Å². The van der Waals surface area contributed by atoms with Gasteiger partial charge in [0.05, 0.1) is 13.4 Å². The van der Waals surface area contributed by atoms with Crippen molar-refractivity contribution in [1.29, 1.82) is 0 Å². The molecule has 6 heteroatoms. The molecule has 0 amide bonds. The van der Waals surface area contributed by atoms with Crippen molar-refractivity contribution in [3.63, 3.8) is 0 Å². The van der Waals surface area contributed by atoms with Gasteiger partial charge in [0.25, 0.3) is 0 Å². The van der Waals surface area contributed by atoms with Crippen LogP contribution >= 0.6 is 22.9 Å². The summed E-state index contributed by atoms with van der Waals surface area (Å²) in [4.78, 5) is 15.6. The van der Waals surface area contributed by atoms with E-state index in [1.54, 1.807) is 6.07 Å². The topological polar surface area (TPSA) is 52.3 Å². The average Bonchev–Trinajstić information content (AvgIpc) is 2.84. The smallest absolute Gasteiger partial charge is 0.351 e. The van der Waals surface area contributed by atoms with E-state index >= 15 is 0 Å². The van der Waals surface area contributed by atoms with Gasteiger partial charge in [-0.05, 0) is 6.07 Å². The summed E-state index contributed by atoms with van der Waals surface area (Å²) < 4.78 is 9.48. The molecule has 0 radical (unpaired) electrons. The van der Waals surface area contributed by atoms with Crippen molar-refractivity contribution >= 4 is 28.9 Å². The second-order valence-corrected chi connectivity index (χ2v) is 4.00. The number of methoxy groups -OCH3 is 1. The molecule has 2 rings (SSSR count). The minimum absolute atomic E-state index is 0.156. The molecule has 2 aromatic heterocycles. The first-order chi connectivity index (χ1) is 7.22. The van der Waals surface area contributed by atoms with Crippen molar-refractivity contribution in [2.45, 2.75) is 0 Å². The van der Waals surface area contributed by atoms with Crippen molar-refractivity contribution in [2.75, 3.05) is 7.11 Å². The summed E-state index contributed by atoms with van der Waals surface area (Å²) in [7, 11) is 1.30. The van der Waals surface area contributed by atoms with E-state index in [4.69, 9.17) is 16.0 Å². The molecular weight excluding hydrogens is 238 g/mol. The van der Waals surface area contributed by atoms with Gasteiger partial charge in [-0.2, -0.15) is 0 Å². The van der Waals surface area contributed by atoms with Crippen molar-refractivity contribution in [3.05, 3.63) is 28.6 Å². The van der Waals surface area contributed by atoms with E-state index < -0.39 is 5.97 Å². The predicted molar refractivity (Wildman–Crippen MR) is 56.2 cm³/mol. The maximum Gasteiger partial charge on any atom is 0.351 e. The first-order valence-corrected chi connectivity index (χ1v) is 5.19. The van der Waals surface area contributed by atoms with Crippen LogP contribution in [0.1, 0.15) is 9.67 Å². The third-order valence-electron chi connectivity index (χ3n) is 1.72. The van der Waals surface area contributed by atoms with Crippen molar-refractivity contribution in [2.24, 2.45) is 0 Å². The number of hydrogen-bond acceptors (Lipinski definition) is 5. The molecule has 0 aliphatic rings. The average molecular weight is 244 g/mol. The zero-order valence-electron chi connectivity index (χ0n) is 7.69. The van der Waals surface area contributed by atoms with Crippen LogP contribution in [0.5, 0.6) is 0 Å². The van der Waals surface area contributed by atoms with Gasteiger partial charge in [0.15, 0.2) is 10.0 Å². The van der Waals surface area contributed by atoms with Crippen LogP contribution in [0, 0.1) is 0 Å². The van der Waals surface area contributed by atoms with Crippen LogP contribution in [0.4, 0.5) is 0 Å². The number of aromatic nitrogens is 1. The molecule has 15 heavy (non-hydrogen) atoms. The Kier molecular flexibility index (Phi) is 2.75. The Morgan fingerprint density at radius 2 is 2.47 bits per heavy atom. The fourth-order valence-corrected chi connectivity index (χ4v) is 2.22. The monoisotopic (exact) mass is 243 g/mol. The lowest BCUT2D eigenvalue weighted by molar-refractivity contribution is 0.0606. The second kappa shape index (κ2) is 4.04. The summed E-state index contributed by atoms with van der Waals surface area (Å²) in [6.07, 6.45) is 3.07. The Bertz CT molecular complexity index is 478. The summed E-state index contributed by atoms with van der Waals surface area (Å²) >= 11 is 6.98. The molecule has 78 valence electrons. The summed E-state index contributed by atoms with van der Waals surface area (Å²) in [5.41, 5.74) is 0.789. The Morgan fingerprint density at radius 3 is 3.07 bits per heavy atom. The molecule has 0 bridgehead atoms. The summed E-state index contributed by atoms with van der Waals surface area (Å²) in [6.45, 7) is 0. The Hall–Kier alpha value is -1.33. The van der Waals surface area contributed by atoms with Crippen molar-refractivity contribution in [1.82, 2.24) is 4.98 Å². The standard InChI is InChI=1S/C9H6ClNO3S/c1-13-9(12)6-7(10)11-8(15-6)5-2-3-14-4-5/h2-4H,1H3. The zero-order chi connectivity index (χ0) is 10.8. The molecular formula is C9H6ClNO3S. The largest absolute Gasteiger partial charge is 0.472 e. The molecule has 0 N–H and O–H groups in total. The van der Waals surface area contributed by atoms with Gasteiger partial charge >= 0.3 is 5.97 Å². The molecule has 0 atom stereocenters. The number of hydrogen-bond donors (Lipinski definition) is 0. The molecule has 0 aliphatic carbocycles. The van der Waals surface area contributed by atoms with Gasteiger partial charge in [0, 0.05) is 5.56 Å². The van der Waals surface area contributed by atoms with Gasteiger partial charge in [0.2, 0.25) is 0 Å². The van der Waals surface area contributed by atoms with Crippen molar-refractivity contribution < 1.29 is 13.9 Å². The van der Waals surface area contributed by atoms with E-state index in [-0.39, 0.29) is 5.15 Å². The van der Waals surface area contributed by atoms with Gasteiger partial charge in [-0.1, -0.05) is 11.6 Å². The van der Waals surface area contributed by atoms with Gasteiger partial charge in [-0.25, -0.2) is 9.78 Å². The van der Waals surface area contributed by atoms with Crippen LogP contribution in [0.25, 0.3) is 10.6 Å². The second-order valence-electron chi connectivity index (χ2n) is 2.64. The highest BCUT2D eigenvalue weighted by Gasteiger charge is 2.18. The molecule has 2 aromatic rings. The number of halogens is 1. The maximum atomic E-state index is 11.3. The molecule has 0 unspecified atom stereocenters. The lowest BCUT2D eigenvalue weighted by atomic mass is 10.4. The quantitative estimate of drug-likeness (QED) is 0.761. The van der Waals surface area contributed by atoms with Crippen molar-refractivity contribution in [3.8, 4) is 10.6 Å². The van der Waals surface area contributed by atoms with Gasteiger partial charge in [-0.3, -0.25) is 0 Å². The predicted octanol–water partition coefficient (Wildman–Crippen LogP) is 2.84.